The Kier molecular flexibility index (Phi) is 4.80. The summed E-state index contributed by atoms with van der Waals surface area (Å²) >= 11 is 5.82. The molecule has 0 spiro atoms. The van der Waals surface area contributed by atoms with E-state index in [1.54, 1.807) is 6.07 Å². The lowest BCUT2D eigenvalue weighted by atomic mass is 10.2. The Morgan fingerprint density at radius 3 is 2.95 bits per heavy atom. The van der Waals surface area contributed by atoms with Gasteiger partial charge in [-0.3, -0.25) is 0 Å². The number of aryl methyl sites for hydroxylation is 1. The Morgan fingerprint density at radius 1 is 1.35 bits per heavy atom. The molecular weight excluding hydrogens is 274 g/mol. The van der Waals surface area contributed by atoms with Crippen LogP contribution in [0.5, 0.6) is 5.75 Å². The fourth-order valence-electron chi connectivity index (χ4n) is 1.71. The number of nitrogens with zero attached hydrogens (tertiary/aromatic N) is 2. The number of nitrogens with one attached hydrogen (secondary N) is 1. The minimum absolute atomic E-state index is 0.297. The van der Waals surface area contributed by atoms with E-state index in [1.807, 2.05) is 37.3 Å². The molecule has 0 radical (unpaired) electrons. The molecule has 2 rings (SSSR count). The monoisotopic (exact) mass is 287 g/mol. The molecule has 0 unspecified atom stereocenters. The van der Waals surface area contributed by atoms with Crippen LogP contribution in [0.4, 0.5) is 5.82 Å². The van der Waals surface area contributed by atoms with E-state index in [4.69, 9.17) is 21.6 Å². The maximum Gasteiger partial charge on any atom is 0.132 e. The topological polar surface area (TPSA) is 57.9 Å². The molecule has 1 aromatic carbocycles. The van der Waals surface area contributed by atoms with Crippen LogP contribution >= 0.6 is 11.6 Å². The first kappa shape index (κ1) is 14.2. The maximum atomic E-state index is 8.84. The second kappa shape index (κ2) is 6.78. The number of hydrogen-bond donors (Lipinski definition) is 1. The van der Waals surface area contributed by atoms with Gasteiger partial charge in [0.05, 0.1) is 18.2 Å². The van der Waals surface area contributed by atoms with Crippen LogP contribution in [0.1, 0.15) is 11.1 Å². The van der Waals surface area contributed by atoms with Crippen LogP contribution in [-0.2, 0) is 0 Å². The van der Waals surface area contributed by atoms with Crippen LogP contribution in [0.3, 0.4) is 0 Å². The number of ether oxygens (including phenoxy) is 1. The number of halogens is 1. The highest BCUT2D eigenvalue weighted by Gasteiger charge is 2.00. The van der Waals surface area contributed by atoms with Gasteiger partial charge in [0.2, 0.25) is 0 Å². The van der Waals surface area contributed by atoms with Crippen molar-refractivity contribution in [3.63, 3.8) is 0 Å². The van der Waals surface area contributed by atoms with E-state index in [1.165, 1.54) is 6.07 Å². The summed E-state index contributed by atoms with van der Waals surface area (Å²) < 4.78 is 5.61. The van der Waals surface area contributed by atoms with Crippen molar-refractivity contribution < 1.29 is 4.74 Å². The second-order valence-corrected chi connectivity index (χ2v) is 4.65. The number of aromatic nitrogens is 1. The normalized spacial score (nSPS) is 9.85. The third kappa shape index (κ3) is 4.15. The Bertz CT molecular complexity index is 637. The number of rotatable bonds is 5. The Labute approximate surface area is 123 Å². The van der Waals surface area contributed by atoms with E-state index in [0.29, 0.717) is 29.7 Å². The van der Waals surface area contributed by atoms with Gasteiger partial charge in [-0.25, -0.2) is 4.98 Å². The zero-order valence-electron chi connectivity index (χ0n) is 11.1. The number of nitriles is 1. The lowest BCUT2D eigenvalue weighted by Gasteiger charge is -2.09. The molecule has 0 aliphatic rings. The molecule has 0 saturated carbocycles. The van der Waals surface area contributed by atoms with Gasteiger partial charge >= 0.3 is 0 Å². The molecule has 102 valence electrons. The molecule has 0 aliphatic carbocycles. The molecule has 5 heteroatoms. The molecule has 0 atom stereocenters. The van der Waals surface area contributed by atoms with Crippen LogP contribution in [-0.4, -0.2) is 18.1 Å². The molecule has 1 heterocycles. The number of anilines is 1. The number of benzene rings is 1. The minimum Gasteiger partial charge on any atom is -0.492 e. The van der Waals surface area contributed by atoms with Gasteiger partial charge in [-0.05, 0) is 36.8 Å². The zero-order valence-corrected chi connectivity index (χ0v) is 11.8. The predicted molar refractivity (Wildman–Crippen MR) is 79.1 cm³/mol. The quantitative estimate of drug-likeness (QED) is 0.676. The average Bonchev–Trinajstić information content (AvgIpc) is 2.43. The molecule has 2 aromatic rings. The highest BCUT2D eigenvalue weighted by molar-refractivity contribution is 6.29. The van der Waals surface area contributed by atoms with Crippen LogP contribution in [0, 0.1) is 18.3 Å². The lowest BCUT2D eigenvalue weighted by molar-refractivity contribution is 0.332. The van der Waals surface area contributed by atoms with Crippen molar-refractivity contribution in [2.75, 3.05) is 18.5 Å². The van der Waals surface area contributed by atoms with Gasteiger partial charge in [0.15, 0.2) is 0 Å². The van der Waals surface area contributed by atoms with Crippen LogP contribution in [0.2, 0.25) is 5.15 Å². The van der Waals surface area contributed by atoms with Crippen molar-refractivity contribution in [3.8, 4) is 11.8 Å². The first-order chi connectivity index (χ1) is 9.67. The van der Waals surface area contributed by atoms with Gasteiger partial charge in [-0.15, -0.1) is 0 Å². The molecule has 0 amide bonds. The van der Waals surface area contributed by atoms with Crippen LogP contribution in [0.15, 0.2) is 36.4 Å². The van der Waals surface area contributed by atoms with Crippen LogP contribution in [0.25, 0.3) is 0 Å². The van der Waals surface area contributed by atoms with Gasteiger partial charge in [0.1, 0.15) is 23.3 Å². The number of hydrogen-bond acceptors (Lipinski definition) is 4. The van der Waals surface area contributed by atoms with E-state index < -0.39 is 0 Å². The Hall–Kier alpha value is -2.25. The first-order valence-corrected chi connectivity index (χ1v) is 6.56. The van der Waals surface area contributed by atoms with Crippen molar-refractivity contribution in [1.82, 2.24) is 4.98 Å². The van der Waals surface area contributed by atoms with Crippen molar-refractivity contribution in [1.29, 1.82) is 5.26 Å². The molecule has 0 fully saturated rings. The van der Waals surface area contributed by atoms with Crippen LogP contribution < -0.4 is 10.1 Å². The summed E-state index contributed by atoms with van der Waals surface area (Å²) in [6.07, 6.45) is 0. The zero-order chi connectivity index (χ0) is 14.4. The van der Waals surface area contributed by atoms with Gasteiger partial charge in [-0.2, -0.15) is 5.26 Å². The second-order valence-electron chi connectivity index (χ2n) is 4.27. The lowest BCUT2D eigenvalue weighted by Crippen LogP contribution is -2.12. The van der Waals surface area contributed by atoms with Crippen molar-refractivity contribution in [2.24, 2.45) is 0 Å². The highest BCUT2D eigenvalue weighted by atomic mass is 35.5. The highest BCUT2D eigenvalue weighted by Crippen LogP contribution is 2.14. The van der Waals surface area contributed by atoms with Crippen molar-refractivity contribution >= 4 is 17.4 Å². The summed E-state index contributed by atoms with van der Waals surface area (Å²) in [4.78, 5) is 4.09. The van der Waals surface area contributed by atoms with Gasteiger partial charge in [-0.1, -0.05) is 23.7 Å². The third-order valence-corrected chi connectivity index (χ3v) is 2.78. The summed E-state index contributed by atoms with van der Waals surface area (Å²) in [6, 6.07) is 13.1. The molecular formula is C15H14ClN3O. The Balaban J connectivity index is 1.84. The van der Waals surface area contributed by atoms with E-state index in [2.05, 4.69) is 10.3 Å². The molecule has 4 nitrogen and oxygen atoms in total. The molecule has 1 aromatic heterocycles. The fraction of sp³-hybridized carbons (Fsp3) is 0.200. The molecule has 1 N–H and O–H groups in total. The minimum atomic E-state index is 0.297. The summed E-state index contributed by atoms with van der Waals surface area (Å²) in [5.74, 6) is 1.41. The van der Waals surface area contributed by atoms with Gasteiger partial charge in [0, 0.05) is 0 Å². The summed E-state index contributed by atoms with van der Waals surface area (Å²) in [7, 11) is 0. The SMILES string of the molecule is Cc1cccc(OCCNc2cc(C#N)cc(Cl)n2)c1. The van der Waals surface area contributed by atoms with E-state index in [-0.39, 0.29) is 0 Å². The molecule has 0 saturated heterocycles. The largest absolute Gasteiger partial charge is 0.492 e. The molecule has 0 aliphatic heterocycles. The van der Waals surface area contributed by atoms with Gasteiger partial charge < -0.3 is 10.1 Å². The predicted octanol–water partition coefficient (Wildman–Crippen LogP) is 3.41. The molecule has 0 bridgehead atoms. The van der Waals surface area contributed by atoms with Crippen molar-refractivity contribution in [2.45, 2.75) is 6.92 Å². The fourth-order valence-corrected chi connectivity index (χ4v) is 1.91. The third-order valence-electron chi connectivity index (χ3n) is 2.59. The average molecular weight is 288 g/mol. The first-order valence-electron chi connectivity index (χ1n) is 6.18. The standard InChI is InChI=1S/C15H14ClN3O/c1-11-3-2-4-13(7-11)20-6-5-18-15-9-12(10-17)8-14(16)19-15/h2-4,7-9H,5-6H2,1H3,(H,18,19). The summed E-state index contributed by atoms with van der Waals surface area (Å²) in [6.45, 7) is 3.09. The maximum absolute atomic E-state index is 8.84. The Morgan fingerprint density at radius 2 is 2.20 bits per heavy atom. The molecule has 20 heavy (non-hydrogen) atoms. The smallest absolute Gasteiger partial charge is 0.132 e. The summed E-state index contributed by atoms with van der Waals surface area (Å²) in [5, 5.41) is 12.2. The number of pyridine rings is 1. The van der Waals surface area contributed by atoms with E-state index in [0.717, 1.165) is 11.3 Å². The summed E-state index contributed by atoms with van der Waals surface area (Å²) in [5.41, 5.74) is 1.64. The van der Waals surface area contributed by atoms with Gasteiger partial charge in [0.25, 0.3) is 0 Å². The van der Waals surface area contributed by atoms with E-state index in [9.17, 15) is 0 Å². The van der Waals surface area contributed by atoms with Crippen molar-refractivity contribution in [3.05, 3.63) is 52.7 Å². The van der Waals surface area contributed by atoms with E-state index >= 15 is 0 Å².